The number of hydrogen-bond acceptors (Lipinski definition) is 4. The van der Waals surface area contributed by atoms with Gasteiger partial charge in [0.25, 0.3) is 0 Å². The molecule has 1 heterocycles. The van der Waals surface area contributed by atoms with Gasteiger partial charge in [-0.3, -0.25) is 4.79 Å². The Labute approximate surface area is 112 Å². The minimum Gasteiger partial charge on any atom is -0.465 e. The Kier molecular flexibility index (Phi) is 3.74. The Bertz CT molecular complexity index is 511. The lowest BCUT2D eigenvalue weighted by molar-refractivity contribution is -0.117. The third-order valence-corrected chi connectivity index (χ3v) is 3.05. The van der Waals surface area contributed by atoms with E-state index in [-0.39, 0.29) is 11.9 Å². The van der Waals surface area contributed by atoms with E-state index in [1.54, 1.807) is 18.2 Å². The van der Waals surface area contributed by atoms with Crippen molar-refractivity contribution in [3.05, 3.63) is 23.8 Å². The second kappa shape index (κ2) is 5.30. The Morgan fingerprint density at radius 2 is 2.11 bits per heavy atom. The molecule has 0 aliphatic carbocycles. The third-order valence-electron chi connectivity index (χ3n) is 3.05. The van der Waals surface area contributed by atoms with E-state index in [0.717, 1.165) is 12.1 Å². The van der Waals surface area contributed by atoms with Gasteiger partial charge in [0.05, 0.1) is 24.0 Å². The summed E-state index contributed by atoms with van der Waals surface area (Å²) in [6.45, 7) is 4.15. The molecule has 1 aromatic rings. The first-order chi connectivity index (χ1) is 9.01. The van der Waals surface area contributed by atoms with Gasteiger partial charge in [0.2, 0.25) is 5.91 Å². The SMILES string of the molecule is COC(=O)c1ccc2c(c1)NC(=O)[C@@H](CC(C)C)N2. The molecule has 0 saturated heterocycles. The van der Waals surface area contributed by atoms with E-state index in [1.807, 2.05) is 0 Å². The number of methoxy groups -OCH3 is 1. The standard InChI is InChI=1S/C14H18N2O3/c1-8(2)6-12-13(17)16-11-7-9(14(18)19-3)4-5-10(11)15-12/h4-5,7-8,12,15H,6H2,1-3H3,(H,16,17)/t12-/m1/s1. The molecule has 0 saturated carbocycles. The lowest BCUT2D eigenvalue weighted by Gasteiger charge is -2.28. The van der Waals surface area contributed by atoms with Crippen LogP contribution in [-0.4, -0.2) is 25.0 Å². The number of benzene rings is 1. The number of amides is 1. The first-order valence-electron chi connectivity index (χ1n) is 6.31. The number of rotatable bonds is 3. The first-order valence-corrected chi connectivity index (χ1v) is 6.31. The average Bonchev–Trinajstić information content (AvgIpc) is 2.37. The van der Waals surface area contributed by atoms with Crippen LogP contribution in [0.2, 0.25) is 0 Å². The maximum absolute atomic E-state index is 12.0. The Hall–Kier alpha value is -2.04. The molecule has 0 aromatic heterocycles. The summed E-state index contributed by atoms with van der Waals surface area (Å²) in [6.07, 6.45) is 0.768. The van der Waals surface area contributed by atoms with Crippen LogP contribution in [0, 0.1) is 5.92 Å². The highest BCUT2D eigenvalue weighted by molar-refractivity contribution is 6.04. The minimum atomic E-state index is -0.415. The Morgan fingerprint density at radius 3 is 2.74 bits per heavy atom. The molecule has 0 fully saturated rings. The molecule has 1 aliphatic rings. The normalized spacial score (nSPS) is 17.5. The third kappa shape index (κ3) is 2.86. The summed E-state index contributed by atoms with van der Waals surface area (Å²) in [4.78, 5) is 23.4. The molecule has 1 amide bonds. The highest BCUT2D eigenvalue weighted by atomic mass is 16.5. The molecule has 0 spiro atoms. The smallest absolute Gasteiger partial charge is 0.337 e. The van der Waals surface area contributed by atoms with Gasteiger partial charge >= 0.3 is 5.97 Å². The second-order valence-corrected chi connectivity index (χ2v) is 5.07. The van der Waals surface area contributed by atoms with E-state index in [9.17, 15) is 9.59 Å². The molecule has 102 valence electrons. The largest absolute Gasteiger partial charge is 0.465 e. The van der Waals surface area contributed by atoms with Gasteiger partial charge in [-0.1, -0.05) is 13.8 Å². The molecule has 0 unspecified atom stereocenters. The summed E-state index contributed by atoms with van der Waals surface area (Å²) < 4.78 is 4.66. The van der Waals surface area contributed by atoms with Crippen molar-refractivity contribution in [3.63, 3.8) is 0 Å². The molecule has 0 bridgehead atoms. The number of carbonyl (C=O) groups excluding carboxylic acids is 2. The fourth-order valence-electron chi connectivity index (χ4n) is 2.13. The number of carbonyl (C=O) groups is 2. The molecule has 5 heteroatoms. The van der Waals surface area contributed by atoms with Crippen molar-refractivity contribution in [2.45, 2.75) is 26.3 Å². The van der Waals surface area contributed by atoms with Crippen molar-refractivity contribution in [1.29, 1.82) is 0 Å². The molecule has 2 N–H and O–H groups in total. The van der Waals surface area contributed by atoms with Crippen molar-refractivity contribution in [1.82, 2.24) is 0 Å². The van der Waals surface area contributed by atoms with Gasteiger partial charge in [0.1, 0.15) is 6.04 Å². The van der Waals surface area contributed by atoms with Gasteiger partial charge < -0.3 is 15.4 Å². The summed E-state index contributed by atoms with van der Waals surface area (Å²) in [5.74, 6) is -0.0521. The summed E-state index contributed by atoms with van der Waals surface area (Å²) in [7, 11) is 1.33. The highest BCUT2D eigenvalue weighted by Gasteiger charge is 2.26. The first kappa shape index (κ1) is 13.4. The van der Waals surface area contributed by atoms with E-state index in [2.05, 4.69) is 29.2 Å². The van der Waals surface area contributed by atoms with Crippen LogP contribution in [-0.2, 0) is 9.53 Å². The maximum atomic E-state index is 12.0. The van der Waals surface area contributed by atoms with E-state index >= 15 is 0 Å². The van der Waals surface area contributed by atoms with Crippen LogP contribution in [0.1, 0.15) is 30.6 Å². The molecule has 5 nitrogen and oxygen atoms in total. The van der Waals surface area contributed by atoms with Crippen LogP contribution in [0.15, 0.2) is 18.2 Å². The van der Waals surface area contributed by atoms with Crippen LogP contribution >= 0.6 is 0 Å². The number of esters is 1. The lowest BCUT2D eigenvalue weighted by atomic mass is 10.00. The van der Waals surface area contributed by atoms with Crippen LogP contribution < -0.4 is 10.6 Å². The molecule has 2 rings (SSSR count). The van der Waals surface area contributed by atoms with Crippen molar-refractivity contribution < 1.29 is 14.3 Å². The molecule has 0 radical (unpaired) electrons. The molecule has 1 aromatic carbocycles. The summed E-state index contributed by atoms with van der Waals surface area (Å²) in [5.41, 5.74) is 1.87. The van der Waals surface area contributed by atoms with E-state index in [0.29, 0.717) is 17.2 Å². The highest BCUT2D eigenvalue weighted by Crippen LogP contribution is 2.29. The zero-order valence-corrected chi connectivity index (χ0v) is 11.3. The van der Waals surface area contributed by atoms with Crippen LogP contribution in [0.25, 0.3) is 0 Å². The van der Waals surface area contributed by atoms with Crippen LogP contribution in [0.4, 0.5) is 11.4 Å². The van der Waals surface area contributed by atoms with Gasteiger partial charge in [0, 0.05) is 0 Å². The van der Waals surface area contributed by atoms with Crippen molar-refractivity contribution in [2.75, 3.05) is 17.7 Å². The Balaban J connectivity index is 2.23. The fourth-order valence-corrected chi connectivity index (χ4v) is 2.13. The predicted molar refractivity (Wildman–Crippen MR) is 73.3 cm³/mol. The van der Waals surface area contributed by atoms with Crippen LogP contribution in [0.5, 0.6) is 0 Å². The minimum absolute atomic E-state index is 0.0665. The monoisotopic (exact) mass is 262 g/mol. The predicted octanol–water partition coefficient (Wildman–Crippen LogP) is 2.25. The quantitative estimate of drug-likeness (QED) is 0.820. The summed E-state index contributed by atoms with van der Waals surface area (Å²) >= 11 is 0. The van der Waals surface area contributed by atoms with Gasteiger partial charge in [-0.2, -0.15) is 0 Å². The zero-order valence-electron chi connectivity index (χ0n) is 11.3. The van der Waals surface area contributed by atoms with Gasteiger partial charge in [-0.15, -0.1) is 0 Å². The number of ether oxygens (including phenoxy) is 1. The maximum Gasteiger partial charge on any atom is 0.337 e. The summed E-state index contributed by atoms with van der Waals surface area (Å²) in [6, 6.07) is 4.87. The topological polar surface area (TPSA) is 67.4 Å². The zero-order chi connectivity index (χ0) is 14.0. The van der Waals surface area contributed by atoms with Crippen molar-refractivity contribution in [2.24, 2.45) is 5.92 Å². The number of hydrogen-bond donors (Lipinski definition) is 2. The van der Waals surface area contributed by atoms with E-state index in [4.69, 9.17) is 0 Å². The number of fused-ring (bicyclic) bond motifs is 1. The van der Waals surface area contributed by atoms with E-state index < -0.39 is 5.97 Å². The lowest BCUT2D eigenvalue weighted by Crippen LogP contribution is -2.39. The number of anilines is 2. The van der Waals surface area contributed by atoms with Gasteiger partial charge in [0.15, 0.2) is 0 Å². The number of nitrogens with one attached hydrogen (secondary N) is 2. The Morgan fingerprint density at radius 1 is 1.37 bits per heavy atom. The van der Waals surface area contributed by atoms with Crippen LogP contribution in [0.3, 0.4) is 0 Å². The summed E-state index contributed by atoms with van der Waals surface area (Å²) in [5, 5.41) is 6.02. The van der Waals surface area contributed by atoms with Gasteiger partial charge in [-0.05, 0) is 30.5 Å². The second-order valence-electron chi connectivity index (χ2n) is 5.07. The molecule has 19 heavy (non-hydrogen) atoms. The molecule has 1 atom stereocenters. The molecular weight excluding hydrogens is 244 g/mol. The molecule has 1 aliphatic heterocycles. The van der Waals surface area contributed by atoms with E-state index in [1.165, 1.54) is 7.11 Å². The van der Waals surface area contributed by atoms with Gasteiger partial charge in [-0.25, -0.2) is 4.79 Å². The van der Waals surface area contributed by atoms with Crippen molar-refractivity contribution in [3.8, 4) is 0 Å². The van der Waals surface area contributed by atoms with Crippen molar-refractivity contribution >= 4 is 23.3 Å². The molecular formula is C14H18N2O3. The average molecular weight is 262 g/mol. The fraction of sp³-hybridized carbons (Fsp3) is 0.429.